The van der Waals surface area contributed by atoms with Gasteiger partial charge in [0.25, 0.3) is 0 Å². The van der Waals surface area contributed by atoms with Crippen molar-refractivity contribution in [2.75, 3.05) is 0 Å². The third-order valence-corrected chi connectivity index (χ3v) is 10.6. The SMILES string of the molecule is c1ccc(-n2c3ccccc3c3cc4c(cc32)c2ccccc2n4-c2cccc(-c3ccccc3-n3c4ccccc4c4ccccc43)c2)cc1. The maximum Gasteiger partial charge on any atom is 0.0548 e. The summed E-state index contributed by atoms with van der Waals surface area (Å²) in [5, 5.41) is 7.52. The van der Waals surface area contributed by atoms with Gasteiger partial charge in [-0.1, -0.05) is 121 Å². The predicted octanol–water partition coefficient (Wildman–Crippen LogP) is 12.6. The van der Waals surface area contributed by atoms with E-state index in [2.05, 4.69) is 202 Å². The van der Waals surface area contributed by atoms with E-state index in [0.717, 1.165) is 5.69 Å². The molecule has 11 aromatic rings. The molecule has 0 saturated carbocycles. The fraction of sp³-hybridized carbons (Fsp3) is 0. The third kappa shape index (κ3) is 4.06. The zero-order valence-corrected chi connectivity index (χ0v) is 27.7. The van der Waals surface area contributed by atoms with Crippen molar-refractivity contribution in [3.05, 3.63) is 188 Å². The zero-order valence-electron chi connectivity index (χ0n) is 27.7. The molecule has 8 aromatic carbocycles. The summed E-state index contributed by atoms with van der Waals surface area (Å²) >= 11 is 0. The lowest BCUT2D eigenvalue weighted by Crippen LogP contribution is -1.98. The second-order valence-corrected chi connectivity index (χ2v) is 13.4. The van der Waals surface area contributed by atoms with E-state index < -0.39 is 0 Å². The van der Waals surface area contributed by atoms with Crippen molar-refractivity contribution in [2.45, 2.75) is 0 Å². The summed E-state index contributed by atoms with van der Waals surface area (Å²) in [7, 11) is 0. The topological polar surface area (TPSA) is 14.8 Å². The van der Waals surface area contributed by atoms with Gasteiger partial charge in [0.1, 0.15) is 0 Å². The molecule has 3 nitrogen and oxygen atoms in total. The van der Waals surface area contributed by atoms with Gasteiger partial charge in [0.2, 0.25) is 0 Å². The first-order valence-electron chi connectivity index (χ1n) is 17.5. The molecule has 0 atom stereocenters. The van der Waals surface area contributed by atoms with Crippen LogP contribution in [0.3, 0.4) is 0 Å². The highest BCUT2D eigenvalue weighted by Crippen LogP contribution is 2.41. The number of hydrogen-bond acceptors (Lipinski definition) is 0. The summed E-state index contributed by atoms with van der Waals surface area (Å²) in [5.41, 5.74) is 13.1. The summed E-state index contributed by atoms with van der Waals surface area (Å²) in [6.07, 6.45) is 0. The van der Waals surface area contributed by atoms with E-state index >= 15 is 0 Å². The van der Waals surface area contributed by atoms with Crippen LogP contribution in [0, 0.1) is 0 Å². The Kier molecular flexibility index (Phi) is 5.96. The van der Waals surface area contributed by atoms with E-state index in [9.17, 15) is 0 Å². The molecule has 0 aliphatic rings. The largest absolute Gasteiger partial charge is 0.309 e. The Morgan fingerprint density at radius 3 is 1.27 bits per heavy atom. The Bertz CT molecular complexity index is 3080. The molecule has 0 saturated heterocycles. The lowest BCUT2D eigenvalue weighted by Gasteiger charge is -2.15. The van der Waals surface area contributed by atoms with E-state index in [0.29, 0.717) is 0 Å². The van der Waals surface area contributed by atoms with Crippen molar-refractivity contribution in [1.29, 1.82) is 0 Å². The van der Waals surface area contributed by atoms with E-state index in [1.54, 1.807) is 0 Å². The molecule has 3 heterocycles. The average molecular weight is 650 g/mol. The first-order chi connectivity index (χ1) is 25.3. The van der Waals surface area contributed by atoms with Crippen LogP contribution in [0.5, 0.6) is 0 Å². The van der Waals surface area contributed by atoms with E-state index in [-0.39, 0.29) is 0 Å². The normalized spacial score (nSPS) is 11.9. The van der Waals surface area contributed by atoms with Crippen molar-refractivity contribution in [1.82, 2.24) is 13.7 Å². The molecular formula is C48H31N3. The molecule has 3 heteroatoms. The predicted molar refractivity (Wildman–Crippen MR) is 215 cm³/mol. The molecule has 0 aliphatic carbocycles. The van der Waals surface area contributed by atoms with E-state index in [1.165, 1.54) is 87.9 Å². The van der Waals surface area contributed by atoms with Gasteiger partial charge in [-0.05, 0) is 72.3 Å². The standard InChI is InChI=1S/C48H31N3/c1-2-16-33(17-3-1)49-43-25-10-7-22-38(43)40-31-48-41(30-47(40)49)39-23-8-11-26-44(39)50(48)34-18-14-15-32(29-34)35-19-4-9-24-42(35)51-45-27-12-5-20-36(45)37-21-6-13-28-46(37)51/h1-31H. The molecular weight excluding hydrogens is 619 g/mol. The molecule has 51 heavy (non-hydrogen) atoms. The van der Waals surface area contributed by atoms with Crippen LogP contribution in [0.25, 0.3) is 93.6 Å². The maximum atomic E-state index is 2.45. The smallest absolute Gasteiger partial charge is 0.0548 e. The molecule has 3 aromatic heterocycles. The molecule has 11 rings (SSSR count). The van der Waals surface area contributed by atoms with Gasteiger partial charge in [-0.15, -0.1) is 0 Å². The van der Waals surface area contributed by atoms with Gasteiger partial charge in [0, 0.05) is 49.3 Å². The molecule has 0 aliphatic heterocycles. The number of nitrogens with zero attached hydrogens (tertiary/aromatic N) is 3. The second kappa shape index (κ2) is 10.8. The maximum absolute atomic E-state index is 2.45. The minimum Gasteiger partial charge on any atom is -0.309 e. The molecule has 0 fully saturated rings. The highest BCUT2D eigenvalue weighted by Gasteiger charge is 2.20. The van der Waals surface area contributed by atoms with Crippen LogP contribution in [0.4, 0.5) is 0 Å². The summed E-state index contributed by atoms with van der Waals surface area (Å²) in [4.78, 5) is 0. The highest BCUT2D eigenvalue weighted by atomic mass is 15.0. The monoisotopic (exact) mass is 649 g/mol. The van der Waals surface area contributed by atoms with Crippen molar-refractivity contribution >= 4 is 65.4 Å². The number of benzene rings is 8. The van der Waals surface area contributed by atoms with Gasteiger partial charge < -0.3 is 13.7 Å². The molecule has 0 bridgehead atoms. The van der Waals surface area contributed by atoms with Crippen molar-refractivity contribution in [2.24, 2.45) is 0 Å². The van der Waals surface area contributed by atoms with Crippen LogP contribution in [0.15, 0.2) is 188 Å². The molecule has 0 amide bonds. The summed E-state index contributed by atoms with van der Waals surface area (Å²) in [6, 6.07) is 68.4. The lowest BCUT2D eigenvalue weighted by atomic mass is 10.0. The van der Waals surface area contributed by atoms with E-state index in [4.69, 9.17) is 0 Å². The van der Waals surface area contributed by atoms with Crippen LogP contribution in [0.2, 0.25) is 0 Å². The van der Waals surface area contributed by atoms with Gasteiger partial charge >= 0.3 is 0 Å². The van der Waals surface area contributed by atoms with Gasteiger partial charge in [-0.25, -0.2) is 0 Å². The molecule has 0 radical (unpaired) electrons. The van der Waals surface area contributed by atoms with Crippen molar-refractivity contribution < 1.29 is 0 Å². The first-order valence-corrected chi connectivity index (χ1v) is 17.5. The Labute approximate surface area is 294 Å². The van der Waals surface area contributed by atoms with Crippen LogP contribution in [0.1, 0.15) is 0 Å². The van der Waals surface area contributed by atoms with E-state index in [1.807, 2.05) is 0 Å². The fourth-order valence-electron chi connectivity index (χ4n) is 8.47. The van der Waals surface area contributed by atoms with Gasteiger partial charge in [-0.2, -0.15) is 0 Å². The zero-order chi connectivity index (χ0) is 33.5. The van der Waals surface area contributed by atoms with Gasteiger partial charge in [0.15, 0.2) is 0 Å². The van der Waals surface area contributed by atoms with Crippen LogP contribution < -0.4 is 0 Å². The third-order valence-electron chi connectivity index (χ3n) is 10.6. The second-order valence-electron chi connectivity index (χ2n) is 13.4. The Morgan fingerprint density at radius 1 is 0.255 bits per heavy atom. The van der Waals surface area contributed by atoms with Crippen molar-refractivity contribution in [3.8, 4) is 28.2 Å². The highest BCUT2D eigenvalue weighted by molar-refractivity contribution is 6.19. The molecule has 0 N–H and O–H groups in total. The van der Waals surface area contributed by atoms with Gasteiger partial charge in [-0.3, -0.25) is 0 Å². The molecule has 0 spiro atoms. The summed E-state index contributed by atoms with van der Waals surface area (Å²) in [6.45, 7) is 0. The minimum atomic E-state index is 1.14. The number of para-hydroxylation sites is 6. The summed E-state index contributed by atoms with van der Waals surface area (Å²) in [5.74, 6) is 0. The Balaban J connectivity index is 1.17. The molecule has 238 valence electrons. The minimum absolute atomic E-state index is 1.14. The fourth-order valence-corrected chi connectivity index (χ4v) is 8.47. The number of aromatic nitrogens is 3. The van der Waals surface area contributed by atoms with Crippen LogP contribution >= 0.6 is 0 Å². The van der Waals surface area contributed by atoms with Crippen LogP contribution in [-0.4, -0.2) is 13.7 Å². The number of fused-ring (bicyclic) bond motifs is 9. The summed E-state index contributed by atoms with van der Waals surface area (Å²) < 4.78 is 7.28. The first kappa shape index (κ1) is 28.0. The Hall–Kier alpha value is -6.84. The number of hydrogen-bond donors (Lipinski definition) is 0. The van der Waals surface area contributed by atoms with Crippen molar-refractivity contribution in [3.63, 3.8) is 0 Å². The molecule has 0 unspecified atom stereocenters. The van der Waals surface area contributed by atoms with Crippen LogP contribution in [-0.2, 0) is 0 Å². The lowest BCUT2D eigenvalue weighted by molar-refractivity contribution is 1.17. The average Bonchev–Trinajstić information content (AvgIpc) is 3.83. The van der Waals surface area contributed by atoms with Gasteiger partial charge in [0.05, 0.1) is 38.8 Å². The quantitative estimate of drug-likeness (QED) is 0.180. The Morgan fingerprint density at radius 2 is 0.686 bits per heavy atom. The number of rotatable bonds is 4.